The molecule has 0 aromatic heterocycles. The molecule has 0 aliphatic carbocycles. The van der Waals surface area contributed by atoms with E-state index in [1.807, 2.05) is 0 Å². The zero-order valence-electron chi connectivity index (χ0n) is 49.8. The first-order valence-corrected chi connectivity index (χ1v) is 31.9. The molecule has 16 atom stereocenters. The van der Waals surface area contributed by atoms with Gasteiger partial charge in [-0.3, -0.25) is 38.4 Å². The van der Waals surface area contributed by atoms with E-state index in [0.29, 0.717) is 40.0 Å². The molecule has 3 aliphatic heterocycles. The van der Waals surface area contributed by atoms with Gasteiger partial charge in [0.15, 0.2) is 0 Å². The molecule has 25 heteroatoms. The minimum Gasteiger partial charge on any atom is -0.508 e. The summed E-state index contributed by atoms with van der Waals surface area (Å²) in [5, 5.41) is 90.9. The van der Waals surface area contributed by atoms with Crippen LogP contribution in [0.2, 0.25) is 0 Å². The van der Waals surface area contributed by atoms with E-state index in [1.165, 1.54) is 37.6 Å². The van der Waals surface area contributed by atoms with Gasteiger partial charge in [-0.25, -0.2) is 0 Å². The van der Waals surface area contributed by atoms with Crippen molar-refractivity contribution in [3.63, 3.8) is 0 Å². The average Bonchev–Trinajstić information content (AvgIpc) is 2.14. The van der Waals surface area contributed by atoms with E-state index in [0.717, 1.165) is 71.8 Å². The van der Waals surface area contributed by atoms with Crippen molar-refractivity contribution in [2.45, 2.75) is 211 Å². The zero-order chi connectivity index (χ0) is 63.5. The van der Waals surface area contributed by atoms with Crippen LogP contribution in [0.3, 0.4) is 0 Å². The normalized spacial score (nSPS) is 26.6. The highest BCUT2D eigenvalue weighted by Crippen LogP contribution is 2.40. The van der Waals surface area contributed by atoms with Crippen molar-refractivity contribution < 1.29 is 74.1 Å². The maximum Gasteiger partial charge on any atom is 0.248 e. The summed E-state index contributed by atoms with van der Waals surface area (Å²) in [6, 6.07) is 11.2. The van der Waals surface area contributed by atoms with Gasteiger partial charge in [-0.15, -0.1) is 11.8 Å². The Balaban J connectivity index is 1.39. The lowest BCUT2D eigenvalue weighted by molar-refractivity contribution is -0.147. The van der Waals surface area contributed by atoms with Gasteiger partial charge in [0.1, 0.15) is 47.4 Å². The number of amides is 8. The summed E-state index contributed by atoms with van der Waals surface area (Å²) in [4.78, 5) is 118. The quantitative estimate of drug-likeness (QED) is 0.0452. The number of aliphatic hydroxyl groups excluding tert-OH is 6. The molecule has 23 nitrogen and oxygen atoms in total. The molecule has 0 radical (unpaired) electrons. The van der Waals surface area contributed by atoms with Gasteiger partial charge in [0.2, 0.25) is 47.3 Å². The van der Waals surface area contributed by atoms with Gasteiger partial charge in [-0.05, 0) is 80.0 Å². The number of unbranched alkanes of at least 4 members (excludes halogenated alkanes) is 5. The third-order valence-electron chi connectivity index (χ3n) is 16.3. The van der Waals surface area contributed by atoms with Crippen molar-refractivity contribution in [3.8, 4) is 5.75 Å². The topological polar surface area (TPSA) is 371 Å². The maximum absolute atomic E-state index is 15.1. The molecule has 8 amide bonds. The van der Waals surface area contributed by atoms with E-state index >= 15 is 9.59 Å². The predicted molar refractivity (Wildman–Crippen MR) is 326 cm³/mol. The van der Waals surface area contributed by atoms with Gasteiger partial charge in [-0.1, -0.05) is 126 Å². The Morgan fingerprint density at radius 1 is 0.678 bits per heavy atom. The summed E-state index contributed by atoms with van der Waals surface area (Å²) in [6.45, 7) is 7.02. The number of aliphatic hydroxyl groups is 6. The van der Waals surface area contributed by atoms with Crippen molar-refractivity contribution in [3.05, 3.63) is 90.5 Å². The van der Waals surface area contributed by atoms with Crippen LogP contribution in [0.25, 0.3) is 0 Å². The first-order valence-electron chi connectivity index (χ1n) is 30.2. The van der Waals surface area contributed by atoms with Crippen molar-refractivity contribution in [1.29, 1.82) is 0 Å². The minimum atomic E-state index is -2.18. The number of primary amides is 1. The standard InChI is InChI=1S/C62H88N8O15S2/c1-5-35(2)30-36(3)18-12-8-6-7-9-17-23-49(78)64-43-32-47(76)60(87-42-21-15-11-16-22-42)68-59(83)53-45(74)28-29-69(53)62(85)51(46(75)33-48(63)77)66-58(82)52(54(79)55(38-24-26-39(72)27-25-38)86-41-19-13-10-14-20-41)67-57(81)44-31-40(73)34-70(44)61(84)50(37(4)71)65-56(43)80/h10-11,13-16,19-22,24-27,35-37,40,43-47,50-55,60,71-76,79H,5-9,12,17-18,23,28-34H2,1-4H3,(H2,63,77)(H,64,78)(H,65,80)(H,66,82)(H,67,81)(H,68,83)/t35?,36?,37-,40-,43+,44+,45+,46-,47-,50+,51+,52+,53+,54+,55?,60+/m1/s1. The number of phenolic OH excluding ortho intramolecular Hbond substituents is 1. The number of aromatic hydroxyl groups is 1. The molecule has 87 heavy (non-hydrogen) atoms. The van der Waals surface area contributed by atoms with E-state index in [1.54, 1.807) is 60.7 Å². The molecule has 3 fully saturated rings. The van der Waals surface area contributed by atoms with Crippen molar-refractivity contribution in [1.82, 2.24) is 36.4 Å². The highest BCUT2D eigenvalue weighted by Gasteiger charge is 2.49. The Hall–Kier alpha value is -6.32. The molecule has 3 aromatic rings. The second-order valence-electron chi connectivity index (χ2n) is 23.4. The Bertz CT molecular complexity index is 2760. The second-order valence-corrected chi connectivity index (χ2v) is 25.8. The van der Waals surface area contributed by atoms with E-state index in [2.05, 4.69) is 47.4 Å². The van der Waals surface area contributed by atoms with Crippen LogP contribution in [0.1, 0.15) is 128 Å². The lowest BCUT2D eigenvalue weighted by Crippen LogP contribution is -2.64. The summed E-state index contributed by atoms with van der Waals surface area (Å²) < 4.78 is 0. The maximum atomic E-state index is 15.1. The number of fused-ring (bicyclic) bond motifs is 2. The number of thioether (sulfide) groups is 2. The molecule has 478 valence electrons. The number of hydrogen-bond acceptors (Lipinski definition) is 17. The summed E-state index contributed by atoms with van der Waals surface area (Å²) >= 11 is 1.95. The number of nitrogens with zero attached hydrogens (tertiary/aromatic N) is 2. The van der Waals surface area contributed by atoms with Crippen LogP contribution in [-0.4, -0.2) is 184 Å². The molecule has 0 bridgehead atoms. The Kier molecular flexibility index (Phi) is 27.2. The molecular formula is C62H88N8O15S2. The minimum absolute atomic E-state index is 0.0296. The second kappa shape index (κ2) is 33.9. The number of phenols is 1. The van der Waals surface area contributed by atoms with Crippen LogP contribution in [0.15, 0.2) is 94.7 Å². The molecule has 0 spiro atoms. The highest BCUT2D eigenvalue weighted by molar-refractivity contribution is 8.00. The van der Waals surface area contributed by atoms with Crippen LogP contribution in [0.5, 0.6) is 5.75 Å². The summed E-state index contributed by atoms with van der Waals surface area (Å²) in [5.41, 5.74) is 5.83. The molecule has 3 aliphatic rings. The van der Waals surface area contributed by atoms with Crippen molar-refractivity contribution in [2.75, 3.05) is 13.1 Å². The number of carbonyl (C=O) groups excluding carboxylic acids is 8. The van der Waals surface area contributed by atoms with E-state index < -0.39 is 157 Å². The lowest BCUT2D eigenvalue weighted by Gasteiger charge is -2.35. The van der Waals surface area contributed by atoms with E-state index in [-0.39, 0.29) is 25.1 Å². The van der Waals surface area contributed by atoms with Gasteiger partial charge in [0.05, 0.1) is 48.3 Å². The van der Waals surface area contributed by atoms with Crippen LogP contribution in [-0.2, 0) is 38.4 Å². The highest BCUT2D eigenvalue weighted by atomic mass is 32.2. The van der Waals surface area contributed by atoms with Crippen molar-refractivity contribution >= 4 is 70.8 Å². The largest absolute Gasteiger partial charge is 0.508 e. The van der Waals surface area contributed by atoms with E-state index in [4.69, 9.17) is 5.73 Å². The van der Waals surface area contributed by atoms with Gasteiger partial charge in [-0.2, -0.15) is 0 Å². The first-order chi connectivity index (χ1) is 41.4. The Morgan fingerprint density at radius 2 is 1.28 bits per heavy atom. The van der Waals surface area contributed by atoms with Crippen LogP contribution in [0, 0.1) is 11.8 Å². The number of benzene rings is 3. The van der Waals surface area contributed by atoms with E-state index in [9.17, 15) is 64.5 Å². The molecule has 3 saturated heterocycles. The summed E-state index contributed by atoms with van der Waals surface area (Å²) in [6.07, 6.45) is -4.28. The number of hydrogen-bond donors (Lipinski definition) is 13. The van der Waals surface area contributed by atoms with Crippen LogP contribution >= 0.6 is 23.5 Å². The molecule has 3 heterocycles. The number of nitrogens with one attached hydrogen (secondary N) is 5. The zero-order valence-corrected chi connectivity index (χ0v) is 51.5. The smallest absolute Gasteiger partial charge is 0.248 e. The van der Waals surface area contributed by atoms with Crippen LogP contribution < -0.4 is 32.3 Å². The average molecular weight is 1250 g/mol. The SMILES string of the molecule is CCC(C)CC(C)CCCCCCCCC(=O)N[C@H]1C[C@@H](O)[C@H](Sc2ccccc2)NC(=O)[C@@H]2[C@@H](O)CCN2C(=O)[C@H]([C@H](O)CC(N)=O)NC(=O)[C@H]([C@H](O)C(Sc2ccccc2)c2ccc(O)cc2)NC(=O)[C@@H]2C[C@@H](O)CN2C(=O)[C@H]([C@@H](C)O)NC1=O. The van der Waals surface area contributed by atoms with Crippen LogP contribution in [0.4, 0.5) is 0 Å². The third-order valence-corrected chi connectivity index (χ3v) is 18.8. The number of rotatable bonds is 24. The van der Waals surface area contributed by atoms with Gasteiger partial charge >= 0.3 is 0 Å². The fourth-order valence-electron chi connectivity index (χ4n) is 11.3. The fourth-order valence-corrected chi connectivity index (χ4v) is 13.6. The summed E-state index contributed by atoms with van der Waals surface area (Å²) in [5.74, 6) is -7.48. The molecule has 6 rings (SSSR count). The van der Waals surface area contributed by atoms with Crippen molar-refractivity contribution in [2.24, 2.45) is 17.6 Å². The Morgan fingerprint density at radius 3 is 1.91 bits per heavy atom. The molecule has 0 saturated carbocycles. The monoisotopic (exact) mass is 1250 g/mol. The molecule has 3 unspecified atom stereocenters. The van der Waals surface area contributed by atoms with Gasteiger partial charge < -0.3 is 77.9 Å². The fraction of sp³-hybridized carbons (Fsp3) is 0.581. The third kappa shape index (κ3) is 20.4. The molecule has 14 N–H and O–H groups in total. The lowest BCUT2D eigenvalue weighted by atomic mass is 9.91. The molecule has 3 aromatic carbocycles. The number of nitrogens with two attached hydrogens (primary N) is 1. The predicted octanol–water partition coefficient (Wildman–Crippen LogP) is 2.26. The summed E-state index contributed by atoms with van der Waals surface area (Å²) in [7, 11) is 0. The molecular weight excluding hydrogens is 1160 g/mol. The number of carbonyl (C=O) groups is 8. The first kappa shape index (κ1) is 69.8. The van der Waals surface area contributed by atoms with Gasteiger partial charge in [0, 0.05) is 42.1 Å². The Labute approximate surface area is 516 Å². The van der Waals surface area contributed by atoms with Gasteiger partial charge in [0.25, 0.3) is 0 Å².